The van der Waals surface area contributed by atoms with Crippen molar-refractivity contribution in [3.63, 3.8) is 0 Å². The molecule has 2 aliphatic heterocycles. The second-order valence-corrected chi connectivity index (χ2v) is 8.03. The Kier molecular flexibility index (Phi) is 5.58. The van der Waals surface area contributed by atoms with Crippen LogP contribution in [0.15, 0.2) is 6.07 Å². The number of anilines is 1. The first-order chi connectivity index (χ1) is 12.0. The first kappa shape index (κ1) is 18.1. The zero-order valence-electron chi connectivity index (χ0n) is 14.9. The summed E-state index contributed by atoms with van der Waals surface area (Å²) in [6, 6.07) is 2.00. The average molecular weight is 366 g/mol. The third-order valence-corrected chi connectivity index (χ3v) is 6.45. The number of aryl methyl sites for hydroxylation is 1. The largest absolute Gasteiger partial charge is 0.360 e. The highest BCUT2D eigenvalue weighted by Gasteiger charge is 2.27. The number of piperazine rings is 1. The molecule has 25 heavy (non-hydrogen) atoms. The molecule has 3 heterocycles. The van der Waals surface area contributed by atoms with Gasteiger partial charge in [-0.3, -0.25) is 19.8 Å². The third kappa shape index (κ3) is 4.12. The Balaban J connectivity index is 1.53. The normalized spacial score (nSPS) is 22.2. The van der Waals surface area contributed by atoms with Gasteiger partial charge in [0.15, 0.2) is 0 Å². The van der Waals surface area contributed by atoms with Gasteiger partial charge in [-0.05, 0) is 50.0 Å². The van der Waals surface area contributed by atoms with E-state index >= 15 is 0 Å². The number of carbonyl (C=O) groups excluding carboxylic acids is 1. The van der Waals surface area contributed by atoms with Gasteiger partial charge in [-0.25, -0.2) is 0 Å². The van der Waals surface area contributed by atoms with Crippen LogP contribution in [0.1, 0.15) is 31.7 Å². The quantitative estimate of drug-likeness (QED) is 0.605. The van der Waals surface area contributed by atoms with Gasteiger partial charge < -0.3 is 9.80 Å². The molecule has 0 saturated carbocycles. The highest BCUT2D eigenvalue weighted by Crippen LogP contribution is 2.36. The molecule has 138 valence electrons. The van der Waals surface area contributed by atoms with Gasteiger partial charge in [0, 0.05) is 44.8 Å². The van der Waals surface area contributed by atoms with Gasteiger partial charge in [0.25, 0.3) is 0 Å². The number of likely N-dealkylation sites (tertiary alicyclic amines) is 1. The molecule has 0 bridgehead atoms. The topological polar surface area (TPSA) is 69.9 Å². The minimum atomic E-state index is -0.324. The highest BCUT2D eigenvalue weighted by molar-refractivity contribution is 7.19. The van der Waals surface area contributed by atoms with Gasteiger partial charge in [0.2, 0.25) is 5.91 Å². The molecular formula is C17H26N4O3S. The summed E-state index contributed by atoms with van der Waals surface area (Å²) in [5.74, 6) is 0.239. The SMILES string of the molecule is Cc1cc([N+](=O)[O-])sc1N1CCN(CC(=O)N2CCCC[C@@H]2C)CC1. The van der Waals surface area contributed by atoms with Crippen LogP contribution in [-0.2, 0) is 4.79 Å². The molecule has 1 aromatic rings. The van der Waals surface area contributed by atoms with E-state index < -0.39 is 0 Å². The molecule has 1 aromatic heterocycles. The van der Waals surface area contributed by atoms with Gasteiger partial charge in [-0.1, -0.05) is 0 Å². The van der Waals surface area contributed by atoms with E-state index in [9.17, 15) is 14.9 Å². The van der Waals surface area contributed by atoms with Crippen molar-refractivity contribution < 1.29 is 9.72 Å². The molecule has 0 aromatic carbocycles. The van der Waals surface area contributed by atoms with Crippen LogP contribution in [0.4, 0.5) is 10.0 Å². The molecule has 8 heteroatoms. The monoisotopic (exact) mass is 366 g/mol. The van der Waals surface area contributed by atoms with E-state index in [0.29, 0.717) is 12.6 Å². The highest BCUT2D eigenvalue weighted by atomic mass is 32.1. The fraction of sp³-hybridized carbons (Fsp3) is 0.706. The van der Waals surface area contributed by atoms with Gasteiger partial charge in [-0.15, -0.1) is 0 Å². The van der Waals surface area contributed by atoms with Crippen molar-refractivity contribution in [1.82, 2.24) is 9.80 Å². The van der Waals surface area contributed by atoms with Crippen molar-refractivity contribution in [3.8, 4) is 0 Å². The molecule has 2 saturated heterocycles. The summed E-state index contributed by atoms with van der Waals surface area (Å²) in [5, 5.41) is 12.1. The molecule has 0 spiro atoms. The number of piperidine rings is 1. The summed E-state index contributed by atoms with van der Waals surface area (Å²) < 4.78 is 0. The lowest BCUT2D eigenvalue weighted by Gasteiger charge is -2.38. The van der Waals surface area contributed by atoms with Crippen LogP contribution in [0, 0.1) is 17.0 Å². The molecule has 0 N–H and O–H groups in total. The molecule has 1 amide bonds. The lowest BCUT2D eigenvalue weighted by atomic mass is 10.0. The third-order valence-electron chi connectivity index (χ3n) is 5.20. The molecule has 1 atom stereocenters. The Labute approximate surface area is 152 Å². The number of amides is 1. The second kappa shape index (κ2) is 7.70. The lowest BCUT2D eigenvalue weighted by Crippen LogP contribution is -2.52. The molecule has 0 radical (unpaired) electrons. The van der Waals surface area contributed by atoms with Gasteiger partial charge in [0.1, 0.15) is 5.00 Å². The fourth-order valence-electron chi connectivity index (χ4n) is 3.72. The predicted molar refractivity (Wildman–Crippen MR) is 99.4 cm³/mol. The summed E-state index contributed by atoms with van der Waals surface area (Å²) >= 11 is 1.25. The maximum atomic E-state index is 12.6. The van der Waals surface area contributed by atoms with E-state index in [1.807, 2.05) is 11.8 Å². The van der Waals surface area contributed by atoms with Crippen LogP contribution in [-0.4, -0.2) is 65.9 Å². The Morgan fingerprint density at radius 2 is 2.00 bits per heavy atom. The number of rotatable bonds is 4. The maximum absolute atomic E-state index is 12.6. The van der Waals surface area contributed by atoms with E-state index in [1.54, 1.807) is 6.07 Å². The van der Waals surface area contributed by atoms with Crippen LogP contribution < -0.4 is 4.90 Å². The van der Waals surface area contributed by atoms with Crippen molar-refractivity contribution >= 4 is 27.2 Å². The van der Waals surface area contributed by atoms with Crippen molar-refractivity contribution in [3.05, 3.63) is 21.7 Å². The van der Waals surface area contributed by atoms with Crippen LogP contribution in [0.2, 0.25) is 0 Å². The van der Waals surface area contributed by atoms with E-state index in [2.05, 4.69) is 16.7 Å². The first-order valence-electron chi connectivity index (χ1n) is 8.97. The molecule has 0 aliphatic carbocycles. The number of hydrogen-bond acceptors (Lipinski definition) is 6. The Morgan fingerprint density at radius 3 is 2.60 bits per heavy atom. The zero-order chi connectivity index (χ0) is 18.0. The Hall–Kier alpha value is -1.67. The van der Waals surface area contributed by atoms with Gasteiger partial charge >= 0.3 is 5.00 Å². The smallest absolute Gasteiger partial charge is 0.326 e. The summed E-state index contributed by atoms with van der Waals surface area (Å²) in [6.07, 6.45) is 3.44. The fourth-order valence-corrected chi connectivity index (χ4v) is 4.76. The number of hydrogen-bond donors (Lipinski definition) is 0. The van der Waals surface area contributed by atoms with Crippen molar-refractivity contribution in [2.24, 2.45) is 0 Å². The lowest BCUT2D eigenvalue weighted by molar-refractivity contribution is -0.380. The second-order valence-electron chi connectivity index (χ2n) is 7.03. The standard InChI is InChI=1S/C17H26N4O3S/c1-13-11-16(21(23)24)25-17(13)19-9-7-18(8-10-19)12-15(22)20-6-4-3-5-14(20)2/h11,14H,3-10,12H2,1-2H3/t14-/m0/s1. The van der Waals surface area contributed by atoms with Crippen LogP contribution in [0.3, 0.4) is 0 Å². The molecule has 2 aliphatic rings. The summed E-state index contributed by atoms with van der Waals surface area (Å²) in [7, 11) is 0. The molecule has 7 nitrogen and oxygen atoms in total. The molecular weight excluding hydrogens is 340 g/mol. The van der Waals surface area contributed by atoms with Crippen molar-refractivity contribution in [2.75, 3.05) is 44.2 Å². The molecule has 0 unspecified atom stereocenters. The molecule has 2 fully saturated rings. The minimum absolute atomic E-state index is 0.198. The number of thiophene rings is 1. The zero-order valence-corrected chi connectivity index (χ0v) is 15.8. The number of carbonyl (C=O) groups is 1. The predicted octanol–water partition coefficient (Wildman–Crippen LogP) is 2.49. The van der Waals surface area contributed by atoms with E-state index in [0.717, 1.165) is 56.1 Å². The first-order valence-corrected chi connectivity index (χ1v) is 9.79. The number of nitro groups is 1. The Bertz CT molecular complexity index is 640. The average Bonchev–Trinajstić information content (AvgIpc) is 2.98. The molecule has 3 rings (SSSR count). The summed E-state index contributed by atoms with van der Waals surface area (Å²) in [5.41, 5.74) is 0.961. The maximum Gasteiger partial charge on any atom is 0.326 e. The summed E-state index contributed by atoms with van der Waals surface area (Å²) in [6.45, 7) is 8.69. The van der Waals surface area contributed by atoms with Crippen LogP contribution in [0.5, 0.6) is 0 Å². The number of nitrogens with zero attached hydrogens (tertiary/aromatic N) is 4. The van der Waals surface area contributed by atoms with E-state index in [-0.39, 0.29) is 15.8 Å². The van der Waals surface area contributed by atoms with E-state index in [1.165, 1.54) is 17.8 Å². The van der Waals surface area contributed by atoms with Crippen LogP contribution >= 0.6 is 11.3 Å². The van der Waals surface area contributed by atoms with Gasteiger partial charge in [0.05, 0.1) is 11.5 Å². The van der Waals surface area contributed by atoms with E-state index in [4.69, 9.17) is 0 Å². The van der Waals surface area contributed by atoms with Gasteiger partial charge in [-0.2, -0.15) is 0 Å². The Morgan fingerprint density at radius 1 is 1.28 bits per heavy atom. The summed E-state index contributed by atoms with van der Waals surface area (Å²) in [4.78, 5) is 29.6. The van der Waals surface area contributed by atoms with Crippen molar-refractivity contribution in [2.45, 2.75) is 39.2 Å². The minimum Gasteiger partial charge on any atom is -0.360 e. The van der Waals surface area contributed by atoms with Crippen LogP contribution in [0.25, 0.3) is 0 Å². The van der Waals surface area contributed by atoms with Crippen molar-refractivity contribution in [1.29, 1.82) is 0 Å².